The van der Waals surface area contributed by atoms with E-state index in [9.17, 15) is 4.79 Å². The van der Waals surface area contributed by atoms with Gasteiger partial charge in [-0.2, -0.15) is 0 Å². The molecular formula is C10H16N2O2S. The Morgan fingerprint density at radius 2 is 2.27 bits per heavy atom. The van der Waals surface area contributed by atoms with Crippen LogP contribution in [-0.2, 0) is 11.3 Å². The maximum Gasteiger partial charge on any atom is 0.263 e. The zero-order valence-electron chi connectivity index (χ0n) is 9.46. The molecule has 1 aromatic rings. The summed E-state index contributed by atoms with van der Waals surface area (Å²) in [6.45, 7) is 6.17. The molecule has 0 spiro atoms. The fraction of sp³-hybridized carbons (Fsp3) is 0.600. The van der Waals surface area contributed by atoms with Crippen LogP contribution in [0, 0.1) is 6.92 Å². The van der Waals surface area contributed by atoms with Crippen LogP contribution >= 0.6 is 11.3 Å². The number of aromatic nitrogens is 1. The molecule has 1 N–H and O–H groups in total. The van der Waals surface area contributed by atoms with Gasteiger partial charge in [0.25, 0.3) is 5.91 Å². The third-order valence-electron chi connectivity index (χ3n) is 1.73. The Kier molecular flexibility index (Phi) is 4.23. The van der Waals surface area contributed by atoms with Crippen LogP contribution in [0.25, 0.3) is 0 Å². The largest absolute Gasteiger partial charge is 0.378 e. The molecule has 1 heterocycles. The van der Waals surface area contributed by atoms with Crippen LogP contribution in [0.3, 0.4) is 0 Å². The van der Waals surface area contributed by atoms with E-state index in [0.29, 0.717) is 11.5 Å². The standard InChI is InChI=1S/C10H16N2O2S/c1-6(2)11-10(13)9-7(3)12-8(15-9)5-14-4/h6H,5H2,1-4H3,(H,11,13). The van der Waals surface area contributed by atoms with E-state index < -0.39 is 0 Å². The molecule has 5 heteroatoms. The van der Waals surface area contributed by atoms with Crippen molar-refractivity contribution in [1.29, 1.82) is 0 Å². The van der Waals surface area contributed by atoms with E-state index in [1.807, 2.05) is 20.8 Å². The summed E-state index contributed by atoms with van der Waals surface area (Å²) < 4.78 is 4.97. The van der Waals surface area contributed by atoms with Gasteiger partial charge in [-0.1, -0.05) is 0 Å². The molecule has 0 atom stereocenters. The van der Waals surface area contributed by atoms with Crippen molar-refractivity contribution < 1.29 is 9.53 Å². The van der Waals surface area contributed by atoms with Gasteiger partial charge in [0.05, 0.1) is 12.3 Å². The Labute approximate surface area is 93.7 Å². The minimum absolute atomic E-state index is 0.0534. The molecule has 0 aliphatic heterocycles. The summed E-state index contributed by atoms with van der Waals surface area (Å²) in [6.07, 6.45) is 0. The molecule has 15 heavy (non-hydrogen) atoms. The van der Waals surface area contributed by atoms with Gasteiger partial charge in [-0.3, -0.25) is 4.79 Å². The highest BCUT2D eigenvalue weighted by molar-refractivity contribution is 7.13. The molecule has 84 valence electrons. The maximum absolute atomic E-state index is 11.7. The summed E-state index contributed by atoms with van der Waals surface area (Å²) in [5.41, 5.74) is 0.769. The maximum atomic E-state index is 11.7. The highest BCUT2D eigenvalue weighted by Gasteiger charge is 2.15. The van der Waals surface area contributed by atoms with Gasteiger partial charge in [0.2, 0.25) is 0 Å². The topological polar surface area (TPSA) is 51.2 Å². The molecule has 0 radical (unpaired) electrons. The zero-order valence-corrected chi connectivity index (χ0v) is 10.3. The fourth-order valence-corrected chi connectivity index (χ4v) is 2.12. The van der Waals surface area contributed by atoms with E-state index in [1.54, 1.807) is 7.11 Å². The summed E-state index contributed by atoms with van der Waals surface area (Å²) >= 11 is 1.39. The van der Waals surface area contributed by atoms with Crippen LogP contribution in [0.4, 0.5) is 0 Å². The number of ether oxygens (including phenoxy) is 1. The predicted molar refractivity (Wildman–Crippen MR) is 60.2 cm³/mol. The van der Waals surface area contributed by atoms with Gasteiger partial charge in [-0.05, 0) is 20.8 Å². The summed E-state index contributed by atoms with van der Waals surface area (Å²) in [5.74, 6) is -0.0534. The fourth-order valence-electron chi connectivity index (χ4n) is 1.18. The monoisotopic (exact) mass is 228 g/mol. The number of rotatable bonds is 4. The van der Waals surface area contributed by atoms with Crippen LogP contribution in [0.2, 0.25) is 0 Å². The minimum Gasteiger partial charge on any atom is -0.378 e. The van der Waals surface area contributed by atoms with E-state index in [1.165, 1.54) is 11.3 Å². The summed E-state index contributed by atoms with van der Waals surface area (Å²) in [7, 11) is 1.62. The van der Waals surface area contributed by atoms with Crippen molar-refractivity contribution in [3.63, 3.8) is 0 Å². The smallest absolute Gasteiger partial charge is 0.263 e. The Morgan fingerprint density at radius 3 is 2.80 bits per heavy atom. The predicted octanol–water partition coefficient (Wildman–Crippen LogP) is 1.74. The molecule has 0 aliphatic carbocycles. The lowest BCUT2D eigenvalue weighted by molar-refractivity contribution is 0.0946. The quantitative estimate of drug-likeness (QED) is 0.854. The number of methoxy groups -OCH3 is 1. The Hall–Kier alpha value is -0.940. The van der Waals surface area contributed by atoms with Crippen LogP contribution in [0.15, 0.2) is 0 Å². The lowest BCUT2D eigenvalue weighted by Crippen LogP contribution is -2.29. The Balaban J connectivity index is 2.80. The number of carbonyl (C=O) groups is 1. The highest BCUT2D eigenvalue weighted by Crippen LogP contribution is 2.18. The molecule has 0 bridgehead atoms. The molecule has 0 unspecified atom stereocenters. The SMILES string of the molecule is COCc1nc(C)c(C(=O)NC(C)C)s1. The molecule has 0 saturated heterocycles. The van der Waals surface area contributed by atoms with Crippen molar-refractivity contribution in [1.82, 2.24) is 10.3 Å². The second-order valence-corrected chi connectivity index (χ2v) is 4.67. The van der Waals surface area contributed by atoms with Gasteiger partial charge >= 0.3 is 0 Å². The number of hydrogen-bond donors (Lipinski definition) is 1. The van der Waals surface area contributed by atoms with Gasteiger partial charge in [0, 0.05) is 13.2 Å². The average molecular weight is 228 g/mol. The summed E-state index contributed by atoms with van der Waals surface area (Å²) in [5, 5.41) is 3.68. The first-order chi connectivity index (χ1) is 7.04. The minimum atomic E-state index is -0.0534. The average Bonchev–Trinajstić information content (AvgIpc) is 2.46. The van der Waals surface area contributed by atoms with Gasteiger partial charge in [-0.25, -0.2) is 4.98 Å². The second kappa shape index (κ2) is 5.23. The van der Waals surface area contributed by atoms with Gasteiger partial charge in [0.1, 0.15) is 9.88 Å². The second-order valence-electron chi connectivity index (χ2n) is 3.58. The first-order valence-corrected chi connectivity index (χ1v) is 5.62. The van der Waals surface area contributed by atoms with Crippen molar-refractivity contribution in [3.05, 3.63) is 15.6 Å². The molecule has 0 fully saturated rings. The third-order valence-corrected chi connectivity index (χ3v) is 2.86. The molecule has 1 aromatic heterocycles. The number of thiazole rings is 1. The lowest BCUT2D eigenvalue weighted by Gasteiger charge is -2.06. The number of aryl methyl sites for hydroxylation is 1. The number of hydrogen-bond acceptors (Lipinski definition) is 4. The van der Waals surface area contributed by atoms with E-state index in [0.717, 1.165) is 10.7 Å². The molecule has 0 saturated carbocycles. The van der Waals surface area contributed by atoms with Gasteiger partial charge in [0.15, 0.2) is 0 Å². The van der Waals surface area contributed by atoms with Gasteiger partial charge in [-0.15, -0.1) is 11.3 Å². The molecule has 4 nitrogen and oxygen atoms in total. The number of amides is 1. The number of nitrogens with one attached hydrogen (secondary N) is 1. The highest BCUT2D eigenvalue weighted by atomic mass is 32.1. The van der Waals surface area contributed by atoms with Crippen molar-refractivity contribution in [2.24, 2.45) is 0 Å². The lowest BCUT2D eigenvalue weighted by atomic mass is 10.3. The summed E-state index contributed by atoms with van der Waals surface area (Å²) in [6, 6.07) is 0.143. The summed E-state index contributed by atoms with van der Waals surface area (Å²) in [4.78, 5) is 16.7. The van der Waals surface area contributed by atoms with Crippen LogP contribution in [0.1, 0.15) is 34.2 Å². The molecule has 0 aromatic carbocycles. The van der Waals surface area contributed by atoms with Crippen molar-refractivity contribution in [2.75, 3.05) is 7.11 Å². The molecule has 0 aliphatic rings. The molecule has 1 amide bonds. The Bertz CT molecular complexity index is 347. The molecular weight excluding hydrogens is 212 g/mol. The van der Waals surface area contributed by atoms with Crippen LogP contribution in [0.5, 0.6) is 0 Å². The van der Waals surface area contributed by atoms with Crippen molar-refractivity contribution in [2.45, 2.75) is 33.4 Å². The van der Waals surface area contributed by atoms with E-state index in [-0.39, 0.29) is 11.9 Å². The van der Waals surface area contributed by atoms with Crippen LogP contribution in [-0.4, -0.2) is 24.0 Å². The molecule has 1 rings (SSSR count). The van der Waals surface area contributed by atoms with E-state index in [2.05, 4.69) is 10.3 Å². The van der Waals surface area contributed by atoms with E-state index in [4.69, 9.17) is 4.74 Å². The third kappa shape index (κ3) is 3.28. The van der Waals surface area contributed by atoms with Crippen molar-refractivity contribution >= 4 is 17.2 Å². The first kappa shape index (κ1) is 12.1. The van der Waals surface area contributed by atoms with Crippen LogP contribution < -0.4 is 5.32 Å². The van der Waals surface area contributed by atoms with E-state index >= 15 is 0 Å². The van der Waals surface area contributed by atoms with Crippen molar-refractivity contribution in [3.8, 4) is 0 Å². The Morgan fingerprint density at radius 1 is 1.60 bits per heavy atom. The number of nitrogens with zero attached hydrogens (tertiary/aromatic N) is 1. The zero-order chi connectivity index (χ0) is 11.4. The number of carbonyl (C=O) groups excluding carboxylic acids is 1. The normalized spacial score (nSPS) is 10.7. The first-order valence-electron chi connectivity index (χ1n) is 4.80. The van der Waals surface area contributed by atoms with Gasteiger partial charge < -0.3 is 10.1 Å².